The third-order valence-corrected chi connectivity index (χ3v) is 3.08. The summed E-state index contributed by atoms with van der Waals surface area (Å²) >= 11 is 5.81. The lowest BCUT2D eigenvalue weighted by molar-refractivity contribution is 0.0939. The van der Waals surface area contributed by atoms with Crippen molar-refractivity contribution in [3.8, 4) is 0 Å². The van der Waals surface area contributed by atoms with Gasteiger partial charge < -0.3 is 5.32 Å². The molecule has 1 aliphatic rings. The summed E-state index contributed by atoms with van der Waals surface area (Å²) in [5, 5.41) is 3.15. The number of carbonyl (C=O) groups excluding carboxylic acids is 1. The molecule has 3 nitrogen and oxygen atoms in total. The Morgan fingerprint density at radius 1 is 1.60 bits per heavy atom. The van der Waals surface area contributed by atoms with Crippen molar-refractivity contribution in [2.45, 2.75) is 19.3 Å². The van der Waals surface area contributed by atoms with Crippen molar-refractivity contribution in [3.63, 3.8) is 0 Å². The Labute approximate surface area is 93.8 Å². The summed E-state index contributed by atoms with van der Waals surface area (Å²) in [6.07, 6.45) is 5.31. The zero-order chi connectivity index (χ0) is 10.7. The van der Waals surface area contributed by atoms with Crippen molar-refractivity contribution in [3.05, 3.63) is 29.0 Å². The largest absolute Gasteiger partial charge is 0.352 e. The number of amides is 1. The fourth-order valence-corrected chi connectivity index (χ4v) is 1.79. The zero-order valence-corrected chi connectivity index (χ0v) is 9.13. The van der Waals surface area contributed by atoms with Crippen molar-refractivity contribution in [1.82, 2.24) is 10.3 Å². The number of rotatable bonds is 3. The molecule has 0 saturated heterocycles. The topological polar surface area (TPSA) is 42.0 Å². The summed E-state index contributed by atoms with van der Waals surface area (Å²) in [5.41, 5.74) is 0.457. The molecule has 1 saturated carbocycles. The van der Waals surface area contributed by atoms with Crippen LogP contribution < -0.4 is 5.32 Å². The van der Waals surface area contributed by atoms with E-state index in [4.69, 9.17) is 11.6 Å². The van der Waals surface area contributed by atoms with E-state index in [9.17, 15) is 4.79 Å². The van der Waals surface area contributed by atoms with Gasteiger partial charge in [-0.25, -0.2) is 4.98 Å². The van der Waals surface area contributed by atoms with Gasteiger partial charge in [-0.15, -0.1) is 0 Å². The molecule has 15 heavy (non-hydrogen) atoms. The van der Waals surface area contributed by atoms with E-state index in [0.717, 1.165) is 6.54 Å². The van der Waals surface area contributed by atoms with Crippen molar-refractivity contribution < 1.29 is 4.79 Å². The summed E-state index contributed by atoms with van der Waals surface area (Å²) in [5.74, 6) is 0.532. The molecule has 1 N–H and O–H groups in total. The van der Waals surface area contributed by atoms with Crippen LogP contribution in [-0.2, 0) is 0 Å². The van der Waals surface area contributed by atoms with Gasteiger partial charge in [0, 0.05) is 12.7 Å². The van der Waals surface area contributed by atoms with Crippen LogP contribution in [0.25, 0.3) is 0 Å². The molecular weight excluding hydrogens is 212 g/mol. The van der Waals surface area contributed by atoms with Crippen LogP contribution in [0.1, 0.15) is 29.6 Å². The second-order valence-electron chi connectivity index (χ2n) is 3.85. The highest BCUT2D eigenvalue weighted by Gasteiger charge is 2.18. The summed E-state index contributed by atoms with van der Waals surface area (Å²) < 4.78 is 0. The van der Waals surface area contributed by atoms with Gasteiger partial charge in [-0.3, -0.25) is 4.79 Å². The van der Waals surface area contributed by atoms with E-state index in [2.05, 4.69) is 10.3 Å². The first-order valence-corrected chi connectivity index (χ1v) is 5.54. The molecule has 1 aliphatic carbocycles. The molecule has 1 amide bonds. The highest BCUT2D eigenvalue weighted by atomic mass is 35.5. The van der Waals surface area contributed by atoms with Gasteiger partial charge >= 0.3 is 0 Å². The van der Waals surface area contributed by atoms with E-state index in [1.165, 1.54) is 19.3 Å². The second kappa shape index (κ2) is 4.62. The third kappa shape index (κ3) is 2.48. The predicted octanol–water partition coefficient (Wildman–Crippen LogP) is 2.26. The minimum Gasteiger partial charge on any atom is -0.352 e. The van der Waals surface area contributed by atoms with E-state index in [-0.39, 0.29) is 11.1 Å². The van der Waals surface area contributed by atoms with Crippen molar-refractivity contribution in [2.75, 3.05) is 6.54 Å². The van der Waals surface area contributed by atoms with Crippen LogP contribution in [0.4, 0.5) is 0 Å². The van der Waals surface area contributed by atoms with E-state index < -0.39 is 0 Å². The molecule has 0 aliphatic heterocycles. The summed E-state index contributed by atoms with van der Waals surface area (Å²) in [6, 6.07) is 3.40. The number of hydrogen-bond donors (Lipinski definition) is 1. The van der Waals surface area contributed by atoms with Crippen molar-refractivity contribution in [2.24, 2.45) is 5.92 Å². The average Bonchev–Trinajstić information content (AvgIpc) is 2.16. The molecular formula is C11H13ClN2O. The van der Waals surface area contributed by atoms with Crippen LogP contribution in [0.15, 0.2) is 18.3 Å². The lowest BCUT2D eigenvalue weighted by Crippen LogP contribution is -2.32. The maximum absolute atomic E-state index is 11.7. The standard InChI is InChI=1S/C11H13ClN2O/c12-10-9(5-2-6-13-10)11(15)14-7-8-3-1-4-8/h2,5-6,8H,1,3-4,7H2,(H,14,15). The predicted molar refractivity (Wildman–Crippen MR) is 58.9 cm³/mol. The minimum absolute atomic E-state index is 0.125. The van der Waals surface area contributed by atoms with E-state index in [0.29, 0.717) is 11.5 Å². The molecule has 80 valence electrons. The first-order chi connectivity index (χ1) is 7.27. The molecule has 1 heterocycles. The van der Waals surface area contributed by atoms with Crippen LogP contribution in [0.2, 0.25) is 5.15 Å². The number of pyridine rings is 1. The summed E-state index contributed by atoms with van der Waals surface area (Å²) in [6.45, 7) is 0.754. The van der Waals surface area contributed by atoms with Gasteiger partial charge in [-0.2, -0.15) is 0 Å². The highest BCUT2D eigenvalue weighted by Crippen LogP contribution is 2.25. The highest BCUT2D eigenvalue weighted by molar-refractivity contribution is 6.32. The Hall–Kier alpha value is -1.09. The van der Waals surface area contributed by atoms with Gasteiger partial charge in [0.1, 0.15) is 5.15 Å². The van der Waals surface area contributed by atoms with Crippen LogP contribution in [0.5, 0.6) is 0 Å². The lowest BCUT2D eigenvalue weighted by Gasteiger charge is -2.25. The zero-order valence-electron chi connectivity index (χ0n) is 8.37. The molecule has 1 fully saturated rings. The maximum Gasteiger partial charge on any atom is 0.254 e. The molecule has 2 rings (SSSR count). The number of halogens is 1. The number of carbonyl (C=O) groups is 1. The van der Waals surface area contributed by atoms with Crippen LogP contribution in [0, 0.1) is 5.92 Å². The SMILES string of the molecule is O=C(NCC1CCC1)c1cccnc1Cl. The summed E-state index contributed by atoms with van der Waals surface area (Å²) in [4.78, 5) is 15.5. The van der Waals surface area contributed by atoms with Gasteiger partial charge in [0.25, 0.3) is 5.91 Å². The van der Waals surface area contributed by atoms with E-state index >= 15 is 0 Å². The quantitative estimate of drug-likeness (QED) is 0.801. The number of nitrogens with one attached hydrogen (secondary N) is 1. The second-order valence-corrected chi connectivity index (χ2v) is 4.21. The normalized spacial score (nSPS) is 15.8. The molecule has 0 radical (unpaired) electrons. The Bertz CT molecular complexity index is 363. The third-order valence-electron chi connectivity index (χ3n) is 2.78. The molecule has 4 heteroatoms. The first-order valence-electron chi connectivity index (χ1n) is 5.16. The first kappa shape index (κ1) is 10.4. The van der Waals surface area contributed by atoms with Gasteiger partial charge in [0.15, 0.2) is 0 Å². The number of aromatic nitrogens is 1. The van der Waals surface area contributed by atoms with Crippen molar-refractivity contribution >= 4 is 17.5 Å². The maximum atomic E-state index is 11.7. The fourth-order valence-electron chi connectivity index (χ4n) is 1.58. The number of hydrogen-bond acceptors (Lipinski definition) is 2. The van der Waals surface area contributed by atoms with Gasteiger partial charge in [0.2, 0.25) is 0 Å². The molecule has 0 atom stereocenters. The molecule has 1 aromatic rings. The molecule has 0 unspecified atom stereocenters. The molecule has 0 aromatic carbocycles. The molecule has 0 bridgehead atoms. The van der Waals surface area contributed by atoms with Crippen LogP contribution in [-0.4, -0.2) is 17.4 Å². The van der Waals surface area contributed by atoms with Gasteiger partial charge in [-0.05, 0) is 30.9 Å². The smallest absolute Gasteiger partial charge is 0.254 e. The molecule has 1 aromatic heterocycles. The Morgan fingerprint density at radius 2 is 2.40 bits per heavy atom. The number of nitrogens with zero attached hydrogens (tertiary/aromatic N) is 1. The van der Waals surface area contributed by atoms with Crippen LogP contribution >= 0.6 is 11.6 Å². The fraction of sp³-hybridized carbons (Fsp3) is 0.455. The Morgan fingerprint density at radius 3 is 3.00 bits per heavy atom. The lowest BCUT2D eigenvalue weighted by atomic mass is 9.85. The Kier molecular flexibility index (Phi) is 3.21. The van der Waals surface area contributed by atoms with Gasteiger partial charge in [-0.1, -0.05) is 18.0 Å². The Balaban J connectivity index is 1.92. The van der Waals surface area contributed by atoms with E-state index in [1.54, 1.807) is 18.3 Å². The van der Waals surface area contributed by atoms with Crippen LogP contribution in [0.3, 0.4) is 0 Å². The van der Waals surface area contributed by atoms with Gasteiger partial charge in [0.05, 0.1) is 5.56 Å². The van der Waals surface area contributed by atoms with E-state index in [1.807, 2.05) is 0 Å². The molecule has 0 spiro atoms. The van der Waals surface area contributed by atoms with Crippen molar-refractivity contribution in [1.29, 1.82) is 0 Å². The minimum atomic E-state index is -0.125. The summed E-state index contributed by atoms with van der Waals surface area (Å²) in [7, 11) is 0. The monoisotopic (exact) mass is 224 g/mol. The average molecular weight is 225 g/mol.